The van der Waals surface area contributed by atoms with Gasteiger partial charge in [-0.3, -0.25) is 0 Å². The zero-order chi connectivity index (χ0) is 28.8. The second-order valence-corrected chi connectivity index (χ2v) is 13.9. The highest BCUT2D eigenvalue weighted by Crippen LogP contribution is 2.38. The average Bonchev–Trinajstić information content (AvgIpc) is 2.91. The molecule has 0 aliphatic carbocycles. The number of sulfone groups is 1. The number of nitrogens with one attached hydrogen (secondary N) is 1. The van der Waals surface area contributed by atoms with Crippen LogP contribution >= 0.6 is 0 Å². The molecule has 5 heterocycles. The Morgan fingerprint density at radius 2 is 1.95 bits per heavy atom. The van der Waals surface area contributed by atoms with Crippen molar-refractivity contribution in [3.8, 4) is 0 Å². The summed E-state index contributed by atoms with van der Waals surface area (Å²) in [6, 6.07) is 3.77. The summed E-state index contributed by atoms with van der Waals surface area (Å²) in [5.74, 6) is 2.99. The average molecular weight is 572 g/mol. The van der Waals surface area contributed by atoms with Gasteiger partial charge >= 0.3 is 0 Å². The molecule has 3 aromatic rings. The Morgan fingerprint density at radius 3 is 2.62 bits per heavy atom. The molecule has 2 aliphatic heterocycles. The first-order valence-corrected chi connectivity index (χ1v) is 15.7. The lowest BCUT2D eigenvalue weighted by molar-refractivity contribution is -0.0332. The fraction of sp³-hybridized carbons (Fsp3) is 0.571. The monoisotopic (exact) mass is 571 g/mol. The molecule has 40 heavy (non-hydrogen) atoms. The third-order valence-corrected chi connectivity index (χ3v) is 10.1. The van der Waals surface area contributed by atoms with Gasteiger partial charge in [-0.05, 0) is 49.3 Å². The van der Waals surface area contributed by atoms with E-state index in [4.69, 9.17) is 4.98 Å². The molecule has 0 bridgehead atoms. The van der Waals surface area contributed by atoms with Gasteiger partial charge in [0.15, 0.2) is 0 Å². The van der Waals surface area contributed by atoms with Crippen LogP contribution in [-0.2, 0) is 9.84 Å². The molecule has 10 nitrogen and oxygen atoms in total. The van der Waals surface area contributed by atoms with Crippen molar-refractivity contribution in [2.45, 2.75) is 64.8 Å². The van der Waals surface area contributed by atoms with Gasteiger partial charge in [-0.15, -0.1) is 0 Å². The van der Waals surface area contributed by atoms with E-state index in [0.29, 0.717) is 37.1 Å². The van der Waals surface area contributed by atoms with Gasteiger partial charge in [-0.25, -0.2) is 27.8 Å². The summed E-state index contributed by atoms with van der Waals surface area (Å²) >= 11 is 0. The molecule has 5 rings (SSSR count). The highest BCUT2D eigenvalue weighted by molar-refractivity contribution is 7.91. The number of nitrogens with zero attached hydrogens (tertiary/aromatic N) is 6. The number of piperidine rings is 1. The number of hydrogen-bond acceptors (Lipinski definition) is 10. The molecule has 0 radical (unpaired) electrons. The first-order chi connectivity index (χ1) is 18.9. The van der Waals surface area contributed by atoms with Crippen molar-refractivity contribution in [3.63, 3.8) is 0 Å². The molecule has 4 atom stereocenters. The van der Waals surface area contributed by atoms with E-state index >= 15 is 0 Å². The third-order valence-electron chi connectivity index (χ3n) is 8.31. The van der Waals surface area contributed by atoms with E-state index in [1.807, 2.05) is 19.2 Å². The van der Waals surface area contributed by atoms with Gasteiger partial charge in [-0.1, -0.05) is 20.8 Å². The summed E-state index contributed by atoms with van der Waals surface area (Å²) in [6.07, 6.45) is 4.23. The molecule has 2 saturated heterocycles. The van der Waals surface area contributed by atoms with Gasteiger partial charge in [0.2, 0.25) is 5.95 Å². The van der Waals surface area contributed by atoms with Crippen LogP contribution in [0, 0.1) is 5.92 Å². The van der Waals surface area contributed by atoms with Gasteiger partial charge in [0, 0.05) is 54.8 Å². The molecule has 2 N–H and O–H groups in total. The highest BCUT2D eigenvalue weighted by Gasteiger charge is 2.40. The molecule has 0 amide bonds. The molecule has 0 aromatic carbocycles. The van der Waals surface area contributed by atoms with Gasteiger partial charge in [0.25, 0.3) is 0 Å². The maximum Gasteiger partial charge on any atom is 0.227 e. The van der Waals surface area contributed by atoms with Crippen LogP contribution in [0.15, 0.2) is 30.7 Å². The Labute approximate surface area is 235 Å². The minimum Gasteiger partial charge on any atom is -0.387 e. The molecule has 2 fully saturated rings. The van der Waals surface area contributed by atoms with Gasteiger partial charge in [0.1, 0.15) is 33.5 Å². The number of alkyl halides is 1. The van der Waals surface area contributed by atoms with Crippen LogP contribution in [0.2, 0.25) is 0 Å². The fourth-order valence-electron chi connectivity index (χ4n) is 5.39. The molecular formula is C28H38FN7O3S. The van der Waals surface area contributed by atoms with Gasteiger partial charge in [0.05, 0.1) is 17.9 Å². The predicted octanol–water partition coefficient (Wildman–Crippen LogP) is 3.85. The maximum absolute atomic E-state index is 14.4. The van der Waals surface area contributed by atoms with Crippen LogP contribution < -0.4 is 15.1 Å². The Balaban J connectivity index is 1.40. The number of aliphatic hydroxyl groups is 1. The number of fused-ring (bicyclic) bond motifs is 1. The Hall–Kier alpha value is -3.12. The largest absolute Gasteiger partial charge is 0.387 e. The van der Waals surface area contributed by atoms with Crippen molar-refractivity contribution in [1.29, 1.82) is 0 Å². The van der Waals surface area contributed by atoms with Gasteiger partial charge < -0.3 is 20.2 Å². The summed E-state index contributed by atoms with van der Waals surface area (Å²) in [5.41, 5.74) is -0.259. The van der Waals surface area contributed by atoms with E-state index in [0.717, 1.165) is 22.2 Å². The second-order valence-electron chi connectivity index (χ2n) is 11.5. The Kier molecular flexibility index (Phi) is 7.60. The first-order valence-electron chi connectivity index (χ1n) is 13.9. The van der Waals surface area contributed by atoms with Crippen molar-refractivity contribution >= 4 is 44.0 Å². The van der Waals surface area contributed by atoms with E-state index < -0.39 is 21.6 Å². The van der Waals surface area contributed by atoms with Crippen molar-refractivity contribution < 1.29 is 17.9 Å². The van der Waals surface area contributed by atoms with Crippen molar-refractivity contribution in [2.24, 2.45) is 5.92 Å². The summed E-state index contributed by atoms with van der Waals surface area (Å²) in [6.45, 7) is 10.6. The Bertz CT molecular complexity index is 1500. The van der Waals surface area contributed by atoms with E-state index in [1.165, 1.54) is 6.92 Å². The van der Waals surface area contributed by atoms with E-state index in [-0.39, 0.29) is 35.9 Å². The molecule has 0 spiro atoms. The number of halogens is 1. The minimum atomic E-state index is -3.04. The number of rotatable bonds is 8. The number of aromatic nitrogens is 4. The zero-order valence-corrected chi connectivity index (χ0v) is 24.5. The number of pyridine rings is 2. The smallest absolute Gasteiger partial charge is 0.227 e. The van der Waals surface area contributed by atoms with E-state index in [9.17, 15) is 17.9 Å². The normalized spacial score (nSPS) is 25.4. The molecule has 216 valence electrons. The molecule has 12 heteroatoms. The number of anilines is 4. The lowest BCUT2D eigenvalue weighted by Gasteiger charge is -2.47. The lowest BCUT2D eigenvalue weighted by Crippen LogP contribution is -2.57. The predicted molar refractivity (Wildman–Crippen MR) is 156 cm³/mol. The van der Waals surface area contributed by atoms with Gasteiger partial charge in [-0.2, -0.15) is 4.98 Å². The SMILES string of the molecule is CCS(=O)(=O)C[C@H]1CN(c2ncc(C(C)C)c3cc(Nc4ccnc(N5CC[C@](C)(O)[C@H](F)C5)n4)ncc23)[C@@H]1C. The van der Waals surface area contributed by atoms with E-state index in [2.05, 4.69) is 39.0 Å². The van der Waals surface area contributed by atoms with Crippen LogP contribution in [0.3, 0.4) is 0 Å². The van der Waals surface area contributed by atoms with Crippen LogP contribution in [0.4, 0.5) is 27.8 Å². The van der Waals surface area contributed by atoms with Crippen LogP contribution in [0.1, 0.15) is 52.5 Å². The summed E-state index contributed by atoms with van der Waals surface area (Å²) in [7, 11) is -3.04. The summed E-state index contributed by atoms with van der Waals surface area (Å²) in [4.78, 5) is 22.2. The van der Waals surface area contributed by atoms with E-state index in [1.54, 1.807) is 30.3 Å². The minimum absolute atomic E-state index is 0.0261. The van der Waals surface area contributed by atoms with Crippen molar-refractivity contribution in [2.75, 3.05) is 46.3 Å². The van der Waals surface area contributed by atoms with Crippen molar-refractivity contribution in [3.05, 3.63) is 36.3 Å². The van der Waals surface area contributed by atoms with Crippen LogP contribution in [-0.4, -0.2) is 82.4 Å². The molecular weight excluding hydrogens is 533 g/mol. The zero-order valence-electron chi connectivity index (χ0n) is 23.7. The quantitative estimate of drug-likeness (QED) is 0.412. The second kappa shape index (κ2) is 10.7. The summed E-state index contributed by atoms with van der Waals surface area (Å²) < 4.78 is 38.8. The number of hydrogen-bond donors (Lipinski definition) is 2. The Morgan fingerprint density at radius 1 is 1.18 bits per heavy atom. The highest BCUT2D eigenvalue weighted by atomic mass is 32.2. The maximum atomic E-state index is 14.4. The topological polar surface area (TPSA) is 124 Å². The van der Waals surface area contributed by atoms with Crippen LogP contribution in [0.25, 0.3) is 10.8 Å². The van der Waals surface area contributed by atoms with Crippen molar-refractivity contribution in [1.82, 2.24) is 19.9 Å². The summed E-state index contributed by atoms with van der Waals surface area (Å²) in [5, 5.41) is 15.4. The van der Waals surface area contributed by atoms with Crippen LogP contribution in [0.5, 0.6) is 0 Å². The standard InChI is InChI=1S/C28H38FN7O3S/c1-6-40(38,39)16-19-14-36(18(19)4)26-22-13-31-25(11-20(22)21(12-32-26)17(2)3)33-24-7-9-30-27(34-24)35-10-8-28(5,37)23(29)15-35/h7,9,11-13,17-19,23,37H,6,8,10,14-16H2,1-5H3,(H,30,31,33,34)/t18-,19-,23-,28+/m1/s1. The lowest BCUT2D eigenvalue weighted by atomic mass is 9.90. The third kappa shape index (κ3) is 5.56. The fourth-order valence-corrected chi connectivity index (χ4v) is 6.66. The molecule has 0 saturated carbocycles. The molecule has 3 aromatic heterocycles. The molecule has 2 aliphatic rings. The molecule has 0 unspecified atom stereocenters. The first kappa shape index (κ1) is 28.4.